The van der Waals surface area contributed by atoms with Gasteiger partial charge >= 0.3 is 0 Å². The molecular weight excluding hydrogens is 242 g/mol. The van der Waals surface area contributed by atoms with E-state index < -0.39 is 0 Å². The molecule has 0 aliphatic carbocycles. The van der Waals surface area contributed by atoms with Gasteiger partial charge in [-0.15, -0.1) is 0 Å². The molecule has 2 atom stereocenters. The second-order valence-corrected chi connectivity index (χ2v) is 5.19. The molecule has 0 saturated carbocycles. The average molecular weight is 271 g/mol. The molecule has 0 aromatic heterocycles. The zero-order chi connectivity index (χ0) is 14.3. The Bertz CT molecular complexity index is 269. The number of carbonyl (C=O) groups is 1. The molecule has 0 spiro atoms. The molecule has 1 fully saturated rings. The van der Waals surface area contributed by atoms with Gasteiger partial charge in [0.25, 0.3) is 0 Å². The number of nitrogens with zero attached hydrogens (tertiary/aromatic N) is 2. The van der Waals surface area contributed by atoms with Crippen LogP contribution in [0.4, 0.5) is 0 Å². The molecule has 5 nitrogen and oxygen atoms in total. The molecule has 1 aliphatic rings. The summed E-state index contributed by atoms with van der Waals surface area (Å²) in [6, 6.07) is 0.136. The number of nitrogens with two attached hydrogens (primary N) is 1. The minimum atomic E-state index is 0.136. The molecule has 2 unspecified atom stereocenters. The Morgan fingerprint density at radius 1 is 1.47 bits per heavy atom. The van der Waals surface area contributed by atoms with Crippen LogP contribution >= 0.6 is 0 Å². The number of ether oxygens (including phenoxy) is 1. The SMILES string of the molecule is CCN(CC)C(=O)CC(CN)N1CCCOC(C)C1. The predicted octanol–water partition coefficient (Wildman–Crippen LogP) is 0.683. The lowest BCUT2D eigenvalue weighted by molar-refractivity contribution is -0.132. The van der Waals surface area contributed by atoms with Gasteiger partial charge in [-0.3, -0.25) is 9.69 Å². The largest absolute Gasteiger partial charge is 0.377 e. The molecule has 0 aromatic carbocycles. The Hall–Kier alpha value is -0.650. The first-order valence-electron chi connectivity index (χ1n) is 7.45. The predicted molar refractivity (Wildman–Crippen MR) is 77.0 cm³/mol. The Balaban J connectivity index is 2.58. The van der Waals surface area contributed by atoms with E-state index in [0.29, 0.717) is 13.0 Å². The zero-order valence-corrected chi connectivity index (χ0v) is 12.6. The van der Waals surface area contributed by atoms with Crippen LogP contribution in [0.2, 0.25) is 0 Å². The molecular formula is C14H29N3O2. The Morgan fingerprint density at radius 2 is 2.16 bits per heavy atom. The van der Waals surface area contributed by atoms with Gasteiger partial charge in [-0.2, -0.15) is 0 Å². The maximum absolute atomic E-state index is 12.2. The van der Waals surface area contributed by atoms with Crippen molar-refractivity contribution in [3.63, 3.8) is 0 Å². The van der Waals surface area contributed by atoms with Crippen molar-refractivity contribution in [1.82, 2.24) is 9.80 Å². The van der Waals surface area contributed by atoms with Gasteiger partial charge in [0.05, 0.1) is 6.10 Å². The molecule has 0 radical (unpaired) electrons. The molecule has 1 aliphatic heterocycles. The smallest absolute Gasteiger partial charge is 0.224 e. The zero-order valence-electron chi connectivity index (χ0n) is 12.6. The van der Waals surface area contributed by atoms with Crippen LogP contribution in [0.15, 0.2) is 0 Å². The van der Waals surface area contributed by atoms with Gasteiger partial charge in [0.1, 0.15) is 0 Å². The normalized spacial score (nSPS) is 22.8. The first-order chi connectivity index (χ1) is 9.12. The lowest BCUT2D eigenvalue weighted by Crippen LogP contribution is -2.46. The van der Waals surface area contributed by atoms with Crippen molar-refractivity contribution in [2.45, 2.75) is 45.8 Å². The third-order valence-electron chi connectivity index (χ3n) is 3.80. The Kier molecular flexibility index (Phi) is 7.34. The van der Waals surface area contributed by atoms with E-state index in [9.17, 15) is 4.79 Å². The number of hydrogen-bond acceptors (Lipinski definition) is 4. The highest BCUT2D eigenvalue weighted by Crippen LogP contribution is 2.12. The summed E-state index contributed by atoms with van der Waals surface area (Å²) < 4.78 is 5.64. The van der Waals surface area contributed by atoms with Crippen molar-refractivity contribution >= 4 is 5.91 Å². The first-order valence-corrected chi connectivity index (χ1v) is 7.45. The van der Waals surface area contributed by atoms with Gasteiger partial charge in [0.2, 0.25) is 5.91 Å². The maximum atomic E-state index is 12.2. The van der Waals surface area contributed by atoms with Crippen molar-refractivity contribution in [3.05, 3.63) is 0 Å². The number of amides is 1. The first kappa shape index (κ1) is 16.4. The standard InChI is InChI=1S/C14H29N3O2/c1-4-16(5-2)14(18)9-13(10-15)17-7-6-8-19-12(3)11-17/h12-13H,4-11,15H2,1-3H3. The monoisotopic (exact) mass is 271 g/mol. The van der Waals surface area contributed by atoms with Gasteiger partial charge < -0.3 is 15.4 Å². The maximum Gasteiger partial charge on any atom is 0.224 e. The molecule has 1 saturated heterocycles. The molecule has 1 rings (SSSR count). The second-order valence-electron chi connectivity index (χ2n) is 5.19. The van der Waals surface area contributed by atoms with Crippen molar-refractivity contribution in [2.24, 2.45) is 5.73 Å². The average Bonchev–Trinajstić information content (AvgIpc) is 2.62. The van der Waals surface area contributed by atoms with Gasteiger partial charge in [0, 0.05) is 51.8 Å². The van der Waals surface area contributed by atoms with Crippen LogP contribution < -0.4 is 5.73 Å². The highest BCUT2D eigenvalue weighted by atomic mass is 16.5. The van der Waals surface area contributed by atoms with Crippen LogP contribution in [0.3, 0.4) is 0 Å². The van der Waals surface area contributed by atoms with E-state index in [4.69, 9.17) is 10.5 Å². The summed E-state index contributed by atoms with van der Waals surface area (Å²) >= 11 is 0. The van der Waals surface area contributed by atoms with Crippen LogP contribution in [0.5, 0.6) is 0 Å². The van der Waals surface area contributed by atoms with E-state index in [0.717, 1.165) is 39.2 Å². The van der Waals surface area contributed by atoms with E-state index >= 15 is 0 Å². The van der Waals surface area contributed by atoms with E-state index in [1.54, 1.807) is 0 Å². The Morgan fingerprint density at radius 3 is 2.74 bits per heavy atom. The summed E-state index contributed by atoms with van der Waals surface area (Å²) in [6.45, 7) is 10.8. The lowest BCUT2D eigenvalue weighted by atomic mass is 10.1. The van der Waals surface area contributed by atoms with Crippen LogP contribution in [0.25, 0.3) is 0 Å². The molecule has 1 amide bonds. The van der Waals surface area contributed by atoms with Gasteiger partial charge in [0.15, 0.2) is 0 Å². The summed E-state index contributed by atoms with van der Waals surface area (Å²) in [5.41, 5.74) is 5.88. The third-order valence-corrected chi connectivity index (χ3v) is 3.80. The topological polar surface area (TPSA) is 58.8 Å². The van der Waals surface area contributed by atoms with Gasteiger partial charge in [-0.1, -0.05) is 0 Å². The summed E-state index contributed by atoms with van der Waals surface area (Å²) in [5, 5.41) is 0. The number of rotatable bonds is 6. The highest BCUT2D eigenvalue weighted by molar-refractivity contribution is 5.76. The summed E-state index contributed by atoms with van der Waals surface area (Å²) in [4.78, 5) is 16.4. The van der Waals surface area contributed by atoms with E-state index in [1.807, 2.05) is 18.7 Å². The fourth-order valence-electron chi connectivity index (χ4n) is 2.63. The van der Waals surface area contributed by atoms with Crippen molar-refractivity contribution in [2.75, 3.05) is 39.3 Å². The molecule has 2 N–H and O–H groups in total. The van der Waals surface area contributed by atoms with Crippen LogP contribution in [-0.4, -0.2) is 67.2 Å². The fraction of sp³-hybridized carbons (Fsp3) is 0.929. The van der Waals surface area contributed by atoms with Crippen molar-refractivity contribution < 1.29 is 9.53 Å². The summed E-state index contributed by atoms with van der Waals surface area (Å²) in [5.74, 6) is 0.207. The second kappa shape index (κ2) is 8.51. The minimum Gasteiger partial charge on any atom is -0.377 e. The minimum absolute atomic E-state index is 0.136. The summed E-state index contributed by atoms with van der Waals surface area (Å²) in [7, 11) is 0. The lowest BCUT2D eigenvalue weighted by Gasteiger charge is -2.31. The van der Waals surface area contributed by atoms with Crippen molar-refractivity contribution in [1.29, 1.82) is 0 Å². The molecule has 19 heavy (non-hydrogen) atoms. The number of carbonyl (C=O) groups excluding carboxylic acids is 1. The fourth-order valence-corrected chi connectivity index (χ4v) is 2.63. The number of hydrogen-bond donors (Lipinski definition) is 1. The van der Waals surface area contributed by atoms with Crippen molar-refractivity contribution in [3.8, 4) is 0 Å². The summed E-state index contributed by atoms with van der Waals surface area (Å²) in [6.07, 6.45) is 1.76. The molecule has 0 bridgehead atoms. The van der Waals surface area contributed by atoms with E-state index in [1.165, 1.54) is 0 Å². The van der Waals surface area contributed by atoms with E-state index in [-0.39, 0.29) is 18.1 Å². The van der Waals surface area contributed by atoms with Crippen LogP contribution in [0, 0.1) is 0 Å². The Labute approximate surface area is 117 Å². The molecule has 5 heteroatoms. The van der Waals surface area contributed by atoms with Gasteiger partial charge in [-0.25, -0.2) is 0 Å². The van der Waals surface area contributed by atoms with Crippen LogP contribution in [0.1, 0.15) is 33.6 Å². The van der Waals surface area contributed by atoms with Gasteiger partial charge in [-0.05, 0) is 27.2 Å². The molecule has 112 valence electrons. The van der Waals surface area contributed by atoms with E-state index in [2.05, 4.69) is 11.8 Å². The molecule has 0 aromatic rings. The highest BCUT2D eigenvalue weighted by Gasteiger charge is 2.25. The molecule has 1 heterocycles. The third kappa shape index (κ3) is 5.09. The quantitative estimate of drug-likeness (QED) is 0.772. The van der Waals surface area contributed by atoms with Crippen LogP contribution in [-0.2, 0) is 9.53 Å².